The number of aryl methyl sites for hydroxylation is 1. The SMILES string of the molecule is COc1cc(C#CC2=NOC(C)(c3cc(F)cc(F)c3)N2CCO)ccc1-n1cnc(C)c1. The lowest BCUT2D eigenvalue weighted by atomic mass is 10.0. The van der Waals surface area contributed by atoms with Gasteiger partial charge in [0.05, 0.1) is 31.4 Å². The molecule has 1 aliphatic rings. The summed E-state index contributed by atoms with van der Waals surface area (Å²) in [5.41, 5.74) is 1.24. The Morgan fingerprint density at radius 3 is 2.55 bits per heavy atom. The number of nitrogens with zero attached hydrogens (tertiary/aromatic N) is 4. The number of β-amino-alcohol motifs (C(OH)–C–C–N with tert-alkyl or cyclic N) is 1. The van der Waals surface area contributed by atoms with Crippen molar-refractivity contribution in [2.75, 3.05) is 20.3 Å². The van der Waals surface area contributed by atoms with Crippen LogP contribution in [0.4, 0.5) is 8.78 Å². The molecule has 2 heterocycles. The Balaban J connectivity index is 1.64. The zero-order valence-corrected chi connectivity index (χ0v) is 18.3. The minimum absolute atomic E-state index is 0.102. The summed E-state index contributed by atoms with van der Waals surface area (Å²) in [6.45, 7) is 3.38. The van der Waals surface area contributed by atoms with Crippen LogP contribution in [0.2, 0.25) is 0 Å². The summed E-state index contributed by atoms with van der Waals surface area (Å²) >= 11 is 0. The maximum atomic E-state index is 13.8. The summed E-state index contributed by atoms with van der Waals surface area (Å²) in [5, 5.41) is 13.6. The molecule has 9 heteroatoms. The summed E-state index contributed by atoms with van der Waals surface area (Å²) in [4.78, 5) is 11.4. The van der Waals surface area contributed by atoms with E-state index in [4.69, 9.17) is 9.57 Å². The summed E-state index contributed by atoms with van der Waals surface area (Å²) in [6, 6.07) is 8.59. The second kappa shape index (κ2) is 8.92. The Bertz CT molecular complexity index is 1260. The highest BCUT2D eigenvalue weighted by Crippen LogP contribution is 2.35. The van der Waals surface area contributed by atoms with Crippen molar-refractivity contribution in [3.05, 3.63) is 77.4 Å². The van der Waals surface area contributed by atoms with E-state index in [1.807, 2.05) is 29.8 Å². The van der Waals surface area contributed by atoms with Gasteiger partial charge >= 0.3 is 0 Å². The van der Waals surface area contributed by atoms with Gasteiger partial charge in [0.1, 0.15) is 17.4 Å². The van der Waals surface area contributed by atoms with Crippen LogP contribution >= 0.6 is 0 Å². The van der Waals surface area contributed by atoms with Crippen molar-refractivity contribution >= 4 is 5.84 Å². The number of rotatable bonds is 5. The molecule has 170 valence electrons. The van der Waals surface area contributed by atoms with E-state index in [9.17, 15) is 13.9 Å². The monoisotopic (exact) mass is 452 g/mol. The van der Waals surface area contributed by atoms with E-state index in [2.05, 4.69) is 22.0 Å². The molecule has 0 aliphatic carbocycles. The van der Waals surface area contributed by atoms with Gasteiger partial charge in [-0.1, -0.05) is 11.1 Å². The molecule has 4 rings (SSSR count). The van der Waals surface area contributed by atoms with Crippen LogP contribution in [0.15, 0.2) is 54.1 Å². The normalized spacial score (nSPS) is 17.3. The van der Waals surface area contributed by atoms with Gasteiger partial charge in [0.25, 0.3) is 0 Å². The molecule has 1 aromatic heterocycles. The standard InChI is InChI=1S/C24H22F2N4O3/c1-16-14-29(15-27-16)21-6-4-17(10-22(21)32-3)5-7-23-28-33-24(2,30(23)8-9-31)18-11-19(25)13-20(26)12-18/h4,6,10-15,31H,8-9H2,1-3H3. The van der Waals surface area contributed by atoms with Crippen LogP contribution in [0.1, 0.15) is 23.7 Å². The number of aromatic nitrogens is 2. The van der Waals surface area contributed by atoms with Crippen LogP contribution in [-0.4, -0.2) is 45.7 Å². The van der Waals surface area contributed by atoms with E-state index in [-0.39, 0.29) is 24.6 Å². The van der Waals surface area contributed by atoms with Crippen molar-refractivity contribution in [1.29, 1.82) is 0 Å². The van der Waals surface area contributed by atoms with E-state index >= 15 is 0 Å². The maximum Gasteiger partial charge on any atom is 0.235 e. The Labute approximate surface area is 189 Å². The Kier molecular flexibility index (Phi) is 6.03. The summed E-state index contributed by atoms with van der Waals surface area (Å²) in [6.07, 6.45) is 3.59. The number of aliphatic hydroxyl groups is 1. The fraction of sp³-hybridized carbons (Fsp3) is 0.250. The molecule has 1 unspecified atom stereocenters. The average Bonchev–Trinajstić information content (AvgIpc) is 3.36. The van der Waals surface area contributed by atoms with Crippen molar-refractivity contribution in [3.8, 4) is 23.3 Å². The van der Waals surface area contributed by atoms with Gasteiger partial charge in [0, 0.05) is 36.9 Å². The molecule has 0 saturated carbocycles. The molecule has 0 radical (unpaired) electrons. The van der Waals surface area contributed by atoms with Crippen molar-refractivity contribution < 1.29 is 23.5 Å². The third kappa shape index (κ3) is 4.38. The van der Waals surface area contributed by atoms with Gasteiger partial charge in [-0.25, -0.2) is 13.8 Å². The van der Waals surface area contributed by atoms with Crippen LogP contribution in [0.25, 0.3) is 5.69 Å². The predicted molar refractivity (Wildman–Crippen MR) is 118 cm³/mol. The lowest BCUT2D eigenvalue weighted by Gasteiger charge is -2.33. The maximum absolute atomic E-state index is 13.8. The molecule has 0 bridgehead atoms. The van der Waals surface area contributed by atoms with Crippen molar-refractivity contribution in [3.63, 3.8) is 0 Å². The Morgan fingerprint density at radius 2 is 1.91 bits per heavy atom. The lowest BCUT2D eigenvalue weighted by Crippen LogP contribution is -2.45. The quantitative estimate of drug-likeness (QED) is 0.602. The van der Waals surface area contributed by atoms with Gasteiger partial charge in [-0.2, -0.15) is 0 Å². The van der Waals surface area contributed by atoms with Crippen molar-refractivity contribution in [1.82, 2.24) is 14.5 Å². The van der Waals surface area contributed by atoms with Crippen molar-refractivity contribution in [2.24, 2.45) is 5.16 Å². The third-order valence-corrected chi connectivity index (χ3v) is 5.29. The third-order valence-electron chi connectivity index (χ3n) is 5.29. The molecule has 2 aromatic carbocycles. The van der Waals surface area contributed by atoms with Crippen LogP contribution in [0, 0.1) is 30.4 Å². The van der Waals surface area contributed by atoms with E-state index in [0.717, 1.165) is 17.4 Å². The summed E-state index contributed by atoms with van der Waals surface area (Å²) in [5.74, 6) is 5.30. The predicted octanol–water partition coefficient (Wildman–Crippen LogP) is 3.33. The number of aliphatic hydroxyl groups excluding tert-OH is 1. The van der Waals surface area contributed by atoms with E-state index in [1.165, 1.54) is 12.1 Å². The first-order valence-corrected chi connectivity index (χ1v) is 10.2. The minimum Gasteiger partial charge on any atom is -0.495 e. The summed E-state index contributed by atoms with van der Waals surface area (Å²) < 4.78 is 35.0. The first kappa shape index (κ1) is 22.3. The van der Waals surface area contributed by atoms with E-state index in [1.54, 1.807) is 31.3 Å². The molecule has 1 N–H and O–H groups in total. The minimum atomic E-state index is -1.32. The zero-order chi connectivity index (χ0) is 23.6. The number of hydrogen-bond acceptors (Lipinski definition) is 6. The fourth-order valence-corrected chi connectivity index (χ4v) is 3.62. The molecule has 7 nitrogen and oxygen atoms in total. The van der Waals surface area contributed by atoms with Gasteiger partial charge in [-0.05, 0) is 43.2 Å². The van der Waals surface area contributed by atoms with E-state index in [0.29, 0.717) is 11.3 Å². The Morgan fingerprint density at radius 1 is 1.15 bits per heavy atom. The molecule has 3 aromatic rings. The zero-order valence-electron chi connectivity index (χ0n) is 18.3. The van der Waals surface area contributed by atoms with Gasteiger partial charge in [0.2, 0.25) is 11.6 Å². The lowest BCUT2D eigenvalue weighted by molar-refractivity contribution is -0.0935. The van der Waals surface area contributed by atoms with Crippen LogP contribution in [-0.2, 0) is 10.6 Å². The largest absolute Gasteiger partial charge is 0.495 e. The highest BCUT2D eigenvalue weighted by molar-refractivity contribution is 5.99. The van der Waals surface area contributed by atoms with Crippen LogP contribution < -0.4 is 4.74 Å². The Hall–Kier alpha value is -3.90. The second-order valence-corrected chi connectivity index (χ2v) is 7.58. The molecular formula is C24H22F2N4O3. The van der Waals surface area contributed by atoms with Crippen molar-refractivity contribution in [2.45, 2.75) is 19.6 Å². The number of benzene rings is 2. The molecule has 0 amide bonds. The first-order chi connectivity index (χ1) is 15.8. The molecule has 0 spiro atoms. The van der Waals surface area contributed by atoms with Crippen LogP contribution in [0.3, 0.4) is 0 Å². The number of imidazole rings is 1. The van der Waals surface area contributed by atoms with Gasteiger partial charge in [0.15, 0.2) is 0 Å². The molecule has 33 heavy (non-hydrogen) atoms. The molecule has 1 atom stereocenters. The second-order valence-electron chi connectivity index (χ2n) is 7.58. The van der Waals surface area contributed by atoms with Gasteiger partial charge in [-0.3, -0.25) is 0 Å². The van der Waals surface area contributed by atoms with Gasteiger partial charge in [-0.15, -0.1) is 0 Å². The molecule has 0 saturated heterocycles. The number of hydrogen-bond donors (Lipinski definition) is 1. The number of amidine groups is 1. The number of oxime groups is 1. The fourth-order valence-electron chi connectivity index (χ4n) is 3.62. The highest BCUT2D eigenvalue weighted by atomic mass is 19.1. The molecule has 0 fully saturated rings. The van der Waals surface area contributed by atoms with E-state index < -0.39 is 17.4 Å². The topological polar surface area (TPSA) is 72.1 Å². The smallest absolute Gasteiger partial charge is 0.235 e. The van der Waals surface area contributed by atoms with Crippen LogP contribution in [0.5, 0.6) is 5.75 Å². The summed E-state index contributed by atoms with van der Waals surface area (Å²) in [7, 11) is 1.57. The van der Waals surface area contributed by atoms with Gasteiger partial charge < -0.3 is 24.1 Å². The average molecular weight is 452 g/mol. The number of ether oxygens (including phenoxy) is 1. The molecular weight excluding hydrogens is 430 g/mol. The highest BCUT2D eigenvalue weighted by Gasteiger charge is 2.43. The molecule has 1 aliphatic heterocycles. The number of halogens is 2. The number of methoxy groups -OCH3 is 1. The first-order valence-electron chi connectivity index (χ1n) is 10.2.